The second-order valence-corrected chi connectivity index (χ2v) is 6.11. The van der Waals surface area contributed by atoms with Gasteiger partial charge in [0.15, 0.2) is 0 Å². The first kappa shape index (κ1) is 18.8. The smallest absolute Gasteiger partial charge is 0.425 e. The van der Waals surface area contributed by atoms with Gasteiger partial charge in [0.2, 0.25) is 5.54 Å². The fourth-order valence-corrected chi connectivity index (χ4v) is 2.98. The van der Waals surface area contributed by atoms with Gasteiger partial charge in [-0.1, -0.05) is 48.5 Å². The molecule has 0 aliphatic carbocycles. The summed E-state index contributed by atoms with van der Waals surface area (Å²) in [6.07, 6.45) is -4.99. The Morgan fingerprint density at radius 2 is 1.67 bits per heavy atom. The van der Waals surface area contributed by atoms with E-state index in [2.05, 4.69) is 0 Å². The Hall–Kier alpha value is -3.03. The lowest BCUT2D eigenvalue weighted by molar-refractivity contribution is -0.198. The van der Waals surface area contributed by atoms with Crippen LogP contribution in [-0.4, -0.2) is 36.2 Å². The summed E-state index contributed by atoms with van der Waals surface area (Å²) in [5, 5.41) is 1.84. The first-order valence-corrected chi connectivity index (χ1v) is 8.22. The van der Waals surface area contributed by atoms with E-state index in [0.717, 1.165) is 5.56 Å². The number of nitrogens with zero attached hydrogens (tertiary/aromatic N) is 1. The molecule has 3 rings (SSSR count). The normalized spacial score (nSPS) is 19.9. The lowest BCUT2D eigenvalue weighted by Gasteiger charge is -2.29. The predicted octanol–water partition coefficient (Wildman–Crippen LogP) is 3.38. The molecule has 142 valence electrons. The van der Waals surface area contributed by atoms with Crippen molar-refractivity contribution in [1.82, 2.24) is 10.2 Å². The zero-order valence-electron chi connectivity index (χ0n) is 14.4. The molecule has 2 aromatic rings. The summed E-state index contributed by atoms with van der Waals surface area (Å²) in [5.41, 5.74) is -2.59. The minimum absolute atomic E-state index is 0.118. The third-order valence-corrected chi connectivity index (χ3v) is 4.40. The summed E-state index contributed by atoms with van der Waals surface area (Å²) >= 11 is 0. The Balaban J connectivity index is 1.82. The number of para-hydroxylation sites is 1. The number of carbonyl (C=O) groups is 2. The molecule has 1 aliphatic heterocycles. The van der Waals surface area contributed by atoms with Crippen LogP contribution in [0.3, 0.4) is 0 Å². The van der Waals surface area contributed by atoms with Crippen molar-refractivity contribution in [3.63, 3.8) is 0 Å². The molecule has 0 spiro atoms. The van der Waals surface area contributed by atoms with Gasteiger partial charge in [0.05, 0.1) is 6.54 Å². The summed E-state index contributed by atoms with van der Waals surface area (Å²) in [6, 6.07) is 12.6. The molecule has 1 unspecified atom stereocenters. The Morgan fingerprint density at radius 3 is 2.30 bits per heavy atom. The number of alkyl halides is 3. The lowest BCUT2D eigenvalue weighted by Crippen LogP contribution is -2.55. The number of urea groups is 1. The van der Waals surface area contributed by atoms with Crippen LogP contribution >= 0.6 is 0 Å². The van der Waals surface area contributed by atoms with Gasteiger partial charge in [-0.3, -0.25) is 9.69 Å². The van der Waals surface area contributed by atoms with Crippen LogP contribution in [-0.2, 0) is 10.3 Å². The SMILES string of the molecule is Cc1ccccc1OCCN1C(=O)NC(c2ccccc2)(C(F)(F)F)C1=O. The molecule has 1 N–H and O–H groups in total. The Morgan fingerprint density at radius 1 is 1.04 bits per heavy atom. The molecule has 27 heavy (non-hydrogen) atoms. The monoisotopic (exact) mass is 378 g/mol. The molecule has 1 saturated heterocycles. The van der Waals surface area contributed by atoms with Crippen LogP contribution in [0, 0.1) is 6.92 Å². The molecule has 0 saturated carbocycles. The fraction of sp³-hybridized carbons (Fsp3) is 0.263. The van der Waals surface area contributed by atoms with Gasteiger partial charge in [-0.15, -0.1) is 0 Å². The highest BCUT2D eigenvalue weighted by atomic mass is 19.4. The van der Waals surface area contributed by atoms with Crippen LogP contribution in [0.1, 0.15) is 11.1 Å². The number of aryl methyl sites for hydroxylation is 1. The van der Waals surface area contributed by atoms with Gasteiger partial charge in [0, 0.05) is 0 Å². The molecule has 1 heterocycles. The zero-order valence-corrected chi connectivity index (χ0v) is 14.4. The maximum atomic E-state index is 13.8. The van der Waals surface area contributed by atoms with Gasteiger partial charge in [-0.25, -0.2) is 4.79 Å². The molecule has 5 nitrogen and oxygen atoms in total. The van der Waals surface area contributed by atoms with E-state index in [1.165, 1.54) is 30.3 Å². The maximum Gasteiger partial charge on any atom is 0.425 e. The van der Waals surface area contributed by atoms with Crippen LogP contribution in [0.2, 0.25) is 0 Å². The molecule has 8 heteroatoms. The maximum absolute atomic E-state index is 13.8. The lowest BCUT2D eigenvalue weighted by atomic mass is 9.89. The van der Waals surface area contributed by atoms with Crippen molar-refractivity contribution >= 4 is 11.9 Å². The van der Waals surface area contributed by atoms with E-state index in [4.69, 9.17) is 4.74 Å². The van der Waals surface area contributed by atoms with Gasteiger partial charge >= 0.3 is 12.2 Å². The van der Waals surface area contributed by atoms with Crippen molar-refractivity contribution in [1.29, 1.82) is 0 Å². The van der Waals surface area contributed by atoms with Gasteiger partial charge < -0.3 is 10.1 Å². The first-order chi connectivity index (χ1) is 12.8. The topological polar surface area (TPSA) is 58.6 Å². The summed E-state index contributed by atoms with van der Waals surface area (Å²) in [7, 11) is 0. The summed E-state index contributed by atoms with van der Waals surface area (Å²) in [4.78, 5) is 25.4. The van der Waals surface area contributed by atoms with Crippen molar-refractivity contribution < 1.29 is 27.5 Å². The molecule has 0 aromatic heterocycles. The molecule has 1 fully saturated rings. The first-order valence-electron chi connectivity index (χ1n) is 8.22. The van der Waals surface area contributed by atoms with Gasteiger partial charge in [0.1, 0.15) is 12.4 Å². The average molecular weight is 378 g/mol. The van der Waals surface area contributed by atoms with Gasteiger partial charge in [-0.05, 0) is 24.1 Å². The van der Waals surface area contributed by atoms with Crippen molar-refractivity contribution in [3.8, 4) is 5.75 Å². The largest absolute Gasteiger partial charge is 0.491 e. The molecule has 0 bridgehead atoms. The van der Waals surface area contributed by atoms with E-state index >= 15 is 0 Å². The highest BCUT2D eigenvalue weighted by Crippen LogP contribution is 2.43. The number of imide groups is 1. The van der Waals surface area contributed by atoms with E-state index < -0.39 is 23.7 Å². The van der Waals surface area contributed by atoms with Crippen molar-refractivity contribution in [2.75, 3.05) is 13.2 Å². The number of rotatable bonds is 5. The predicted molar refractivity (Wildman–Crippen MR) is 91.1 cm³/mol. The molecule has 3 amide bonds. The standard InChI is InChI=1S/C19H17F3N2O3/c1-13-7-5-6-10-15(13)27-12-11-24-16(25)18(19(20,21)22,23-17(24)26)14-8-3-2-4-9-14/h2-10H,11-12H2,1H3,(H,23,26). The fourth-order valence-electron chi connectivity index (χ4n) is 2.98. The number of amides is 3. The molecule has 1 atom stereocenters. The number of carbonyl (C=O) groups excluding carboxylic acids is 2. The number of ether oxygens (including phenoxy) is 1. The molecule has 1 aliphatic rings. The highest BCUT2D eigenvalue weighted by Gasteiger charge is 2.68. The van der Waals surface area contributed by atoms with Crippen LogP contribution in [0.5, 0.6) is 5.75 Å². The Kier molecular flexibility index (Phi) is 4.82. The number of halogens is 3. The van der Waals surface area contributed by atoms with E-state index in [9.17, 15) is 22.8 Å². The average Bonchev–Trinajstić information content (AvgIpc) is 2.89. The van der Waals surface area contributed by atoms with Crippen LogP contribution in [0.15, 0.2) is 54.6 Å². The third-order valence-electron chi connectivity index (χ3n) is 4.40. The molecule has 2 aromatic carbocycles. The minimum Gasteiger partial charge on any atom is -0.491 e. The van der Waals surface area contributed by atoms with E-state index in [1.54, 1.807) is 12.1 Å². The number of hydrogen-bond acceptors (Lipinski definition) is 3. The minimum atomic E-state index is -4.99. The number of hydrogen-bond donors (Lipinski definition) is 1. The van der Waals surface area contributed by atoms with Crippen molar-refractivity contribution in [3.05, 3.63) is 65.7 Å². The van der Waals surface area contributed by atoms with E-state index in [1.807, 2.05) is 24.4 Å². The molecular formula is C19H17F3N2O3. The Labute approximate surface area is 153 Å². The third kappa shape index (κ3) is 3.22. The number of benzene rings is 2. The van der Waals surface area contributed by atoms with Crippen LogP contribution in [0.25, 0.3) is 0 Å². The summed E-state index contributed by atoms with van der Waals surface area (Å²) in [6.45, 7) is 1.39. The highest BCUT2D eigenvalue weighted by molar-refractivity contribution is 6.08. The molecule has 0 radical (unpaired) electrons. The second kappa shape index (κ2) is 6.94. The Bertz CT molecular complexity index is 855. The van der Waals surface area contributed by atoms with Crippen molar-refractivity contribution in [2.45, 2.75) is 18.6 Å². The second-order valence-electron chi connectivity index (χ2n) is 6.11. The van der Waals surface area contributed by atoms with Crippen LogP contribution < -0.4 is 10.1 Å². The van der Waals surface area contributed by atoms with E-state index in [-0.39, 0.29) is 18.7 Å². The zero-order chi connectivity index (χ0) is 19.7. The summed E-state index contributed by atoms with van der Waals surface area (Å²) in [5.74, 6) is -0.825. The van der Waals surface area contributed by atoms with Crippen molar-refractivity contribution in [2.24, 2.45) is 0 Å². The molecular weight excluding hydrogens is 361 g/mol. The van der Waals surface area contributed by atoms with Gasteiger partial charge in [0.25, 0.3) is 5.91 Å². The van der Waals surface area contributed by atoms with Gasteiger partial charge in [-0.2, -0.15) is 13.2 Å². The van der Waals surface area contributed by atoms with E-state index in [0.29, 0.717) is 10.6 Å². The number of nitrogens with one attached hydrogen (secondary N) is 1. The summed E-state index contributed by atoms with van der Waals surface area (Å²) < 4.78 is 47.0. The quantitative estimate of drug-likeness (QED) is 0.812. The van der Waals surface area contributed by atoms with Crippen LogP contribution in [0.4, 0.5) is 18.0 Å².